The van der Waals surface area contributed by atoms with E-state index in [1.807, 2.05) is 44.2 Å². The van der Waals surface area contributed by atoms with E-state index in [1.165, 1.54) is 0 Å². The molecule has 1 heterocycles. The number of carbonyl (C=O) groups excluding carboxylic acids is 1. The van der Waals surface area contributed by atoms with Crippen LogP contribution in [0.3, 0.4) is 0 Å². The molecule has 0 amide bonds. The minimum atomic E-state index is -1.20. The predicted molar refractivity (Wildman–Crippen MR) is 99.7 cm³/mol. The second-order valence-electron chi connectivity index (χ2n) is 6.10. The molecule has 4 nitrogen and oxygen atoms in total. The zero-order chi connectivity index (χ0) is 18.1. The van der Waals surface area contributed by atoms with Gasteiger partial charge in [0.1, 0.15) is 5.75 Å². The number of benzene rings is 2. The lowest BCUT2D eigenvalue weighted by Gasteiger charge is -2.16. The standard InChI is InChI=1S/C20H18BrNO3/c1-11(2)25-15-7-4-13(5-8-15)19-12(3)18(20(23)24)16-10-14(21)6-9-17(16)22-19/h4-11H,1-3H3,(H,23,24)/p-1. The SMILES string of the molecule is Cc1c(-c2ccc(OC(C)C)cc2)nc2ccc(Br)cc2c1C(=O)[O-]. The summed E-state index contributed by atoms with van der Waals surface area (Å²) >= 11 is 3.38. The average Bonchev–Trinajstić information content (AvgIpc) is 2.54. The minimum Gasteiger partial charge on any atom is -0.545 e. The molecule has 0 atom stereocenters. The van der Waals surface area contributed by atoms with Crippen LogP contribution in [-0.4, -0.2) is 17.1 Å². The van der Waals surface area contributed by atoms with Crippen LogP contribution < -0.4 is 9.84 Å². The molecule has 3 aromatic rings. The van der Waals surface area contributed by atoms with E-state index in [2.05, 4.69) is 20.9 Å². The summed E-state index contributed by atoms with van der Waals surface area (Å²) in [5.41, 5.74) is 2.84. The summed E-state index contributed by atoms with van der Waals surface area (Å²) in [6.45, 7) is 5.69. The molecular weight excluding hydrogens is 382 g/mol. The van der Waals surface area contributed by atoms with Gasteiger partial charge in [0, 0.05) is 21.0 Å². The van der Waals surface area contributed by atoms with E-state index < -0.39 is 5.97 Å². The summed E-state index contributed by atoms with van der Waals surface area (Å²) in [5, 5.41) is 12.3. The van der Waals surface area contributed by atoms with Gasteiger partial charge in [-0.1, -0.05) is 15.9 Å². The summed E-state index contributed by atoms with van der Waals surface area (Å²) in [4.78, 5) is 16.4. The number of hydrogen-bond donors (Lipinski definition) is 0. The Morgan fingerprint density at radius 1 is 1.16 bits per heavy atom. The van der Waals surface area contributed by atoms with Crippen LogP contribution in [0.25, 0.3) is 22.2 Å². The van der Waals surface area contributed by atoms with E-state index >= 15 is 0 Å². The van der Waals surface area contributed by atoms with Gasteiger partial charge in [-0.15, -0.1) is 0 Å². The second-order valence-corrected chi connectivity index (χ2v) is 7.02. The molecule has 2 aromatic carbocycles. The number of carboxylic acids is 1. The number of nitrogens with zero attached hydrogens (tertiary/aromatic N) is 1. The van der Waals surface area contributed by atoms with E-state index in [4.69, 9.17) is 4.74 Å². The Morgan fingerprint density at radius 2 is 1.84 bits per heavy atom. The highest BCUT2D eigenvalue weighted by molar-refractivity contribution is 9.10. The van der Waals surface area contributed by atoms with Crippen LogP contribution in [0, 0.1) is 6.92 Å². The molecular formula is C20H17BrNO3-. The molecule has 5 heteroatoms. The fraction of sp³-hybridized carbons (Fsp3) is 0.200. The third kappa shape index (κ3) is 3.51. The minimum absolute atomic E-state index is 0.0921. The Kier molecular flexibility index (Phi) is 4.77. The number of carbonyl (C=O) groups is 1. The molecule has 0 saturated heterocycles. The van der Waals surface area contributed by atoms with Gasteiger partial charge in [-0.25, -0.2) is 4.98 Å². The number of pyridine rings is 1. The number of rotatable bonds is 4. The van der Waals surface area contributed by atoms with Crippen molar-refractivity contribution in [1.29, 1.82) is 0 Å². The largest absolute Gasteiger partial charge is 0.545 e. The maximum absolute atomic E-state index is 11.7. The topological polar surface area (TPSA) is 62.2 Å². The molecule has 0 aliphatic heterocycles. The molecule has 1 aromatic heterocycles. The lowest BCUT2D eigenvalue weighted by molar-refractivity contribution is -0.254. The first-order valence-electron chi connectivity index (χ1n) is 7.95. The van der Waals surface area contributed by atoms with Gasteiger partial charge in [0.25, 0.3) is 0 Å². The predicted octanol–water partition coefficient (Wildman–Crippen LogP) is 4.12. The molecule has 0 fully saturated rings. The van der Waals surface area contributed by atoms with E-state index in [0.29, 0.717) is 22.2 Å². The number of halogens is 1. The van der Waals surface area contributed by atoms with Gasteiger partial charge >= 0.3 is 0 Å². The first-order chi connectivity index (χ1) is 11.9. The molecule has 0 radical (unpaired) electrons. The Bertz CT molecular complexity index is 949. The summed E-state index contributed by atoms with van der Waals surface area (Å²) in [5.74, 6) is -0.440. The molecule has 0 unspecified atom stereocenters. The van der Waals surface area contributed by atoms with Crippen molar-refractivity contribution in [3.8, 4) is 17.0 Å². The number of hydrogen-bond acceptors (Lipinski definition) is 4. The van der Waals surface area contributed by atoms with Crippen LogP contribution in [0.5, 0.6) is 5.75 Å². The van der Waals surface area contributed by atoms with E-state index in [9.17, 15) is 9.90 Å². The smallest absolute Gasteiger partial charge is 0.119 e. The Hall–Kier alpha value is -2.40. The van der Waals surface area contributed by atoms with Crippen molar-refractivity contribution in [3.05, 3.63) is 58.1 Å². The van der Waals surface area contributed by atoms with Crippen LogP contribution in [-0.2, 0) is 0 Å². The Morgan fingerprint density at radius 3 is 2.44 bits per heavy atom. The molecule has 0 N–H and O–H groups in total. The molecule has 128 valence electrons. The van der Waals surface area contributed by atoms with Crippen LogP contribution in [0.2, 0.25) is 0 Å². The quantitative estimate of drug-likeness (QED) is 0.662. The molecule has 3 rings (SSSR count). The molecule has 0 aliphatic rings. The van der Waals surface area contributed by atoms with Gasteiger partial charge < -0.3 is 14.6 Å². The van der Waals surface area contributed by atoms with Crippen molar-refractivity contribution in [1.82, 2.24) is 4.98 Å². The molecule has 25 heavy (non-hydrogen) atoms. The second kappa shape index (κ2) is 6.84. The fourth-order valence-corrected chi connectivity index (χ4v) is 3.20. The molecule has 0 spiro atoms. The lowest BCUT2D eigenvalue weighted by atomic mass is 9.98. The number of carboxylic acid groups (broad SMARTS) is 1. The van der Waals surface area contributed by atoms with Crippen LogP contribution >= 0.6 is 15.9 Å². The van der Waals surface area contributed by atoms with Crippen LogP contribution in [0.1, 0.15) is 29.8 Å². The van der Waals surface area contributed by atoms with E-state index in [1.54, 1.807) is 19.1 Å². The van der Waals surface area contributed by atoms with Gasteiger partial charge in [-0.3, -0.25) is 0 Å². The number of ether oxygens (including phenoxy) is 1. The maximum atomic E-state index is 11.7. The highest BCUT2D eigenvalue weighted by atomic mass is 79.9. The third-order valence-corrected chi connectivity index (χ3v) is 4.39. The van der Waals surface area contributed by atoms with Crippen LogP contribution in [0.15, 0.2) is 46.9 Å². The maximum Gasteiger partial charge on any atom is 0.119 e. The van der Waals surface area contributed by atoms with Gasteiger partial charge in [0.15, 0.2) is 0 Å². The Balaban J connectivity index is 2.18. The van der Waals surface area contributed by atoms with Crippen molar-refractivity contribution < 1.29 is 14.6 Å². The van der Waals surface area contributed by atoms with Crippen molar-refractivity contribution in [2.24, 2.45) is 0 Å². The number of aromatic nitrogens is 1. The Labute approximate surface area is 154 Å². The first-order valence-corrected chi connectivity index (χ1v) is 8.74. The van der Waals surface area contributed by atoms with Gasteiger partial charge in [-0.05, 0) is 68.8 Å². The highest BCUT2D eigenvalue weighted by Crippen LogP contribution is 2.31. The summed E-state index contributed by atoms with van der Waals surface area (Å²) in [7, 11) is 0. The van der Waals surface area contributed by atoms with Crippen molar-refractivity contribution in [2.45, 2.75) is 26.9 Å². The van der Waals surface area contributed by atoms with Crippen molar-refractivity contribution in [2.75, 3.05) is 0 Å². The van der Waals surface area contributed by atoms with E-state index in [-0.39, 0.29) is 11.7 Å². The first kappa shape index (κ1) is 17.4. The summed E-state index contributed by atoms with van der Waals surface area (Å²) < 4.78 is 6.45. The zero-order valence-electron chi connectivity index (χ0n) is 14.2. The monoisotopic (exact) mass is 398 g/mol. The zero-order valence-corrected chi connectivity index (χ0v) is 15.8. The molecule has 0 aliphatic carbocycles. The normalized spacial score (nSPS) is 11.1. The summed E-state index contributed by atoms with van der Waals surface area (Å²) in [6, 6.07) is 12.9. The van der Waals surface area contributed by atoms with Crippen molar-refractivity contribution in [3.63, 3.8) is 0 Å². The van der Waals surface area contributed by atoms with Gasteiger partial charge in [0.2, 0.25) is 0 Å². The summed E-state index contributed by atoms with van der Waals surface area (Å²) in [6.07, 6.45) is 0.0921. The van der Waals surface area contributed by atoms with E-state index in [0.717, 1.165) is 15.8 Å². The highest BCUT2D eigenvalue weighted by Gasteiger charge is 2.14. The van der Waals surface area contributed by atoms with Crippen LogP contribution in [0.4, 0.5) is 0 Å². The fourth-order valence-electron chi connectivity index (χ4n) is 2.84. The number of fused-ring (bicyclic) bond motifs is 1. The van der Waals surface area contributed by atoms with Gasteiger partial charge in [-0.2, -0.15) is 0 Å². The average molecular weight is 399 g/mol. The molecule has 0 bridgehead atoms. The molecule has 0 saturated carbocycles. The van der Waals surface area contributed by atoms with Gasteiger partial charge in [0.05, 0.1) is 23.3 Å². The van der Waals surface area contributed by atoms with Crippen molar-refractivity contribution >= 4 is 32.8 Å². The lowest BCUT2D eigenvalue weighted by Crippen LogP contribution is -2.24. The number of aromatic carboxylic acids is 1. The third-order valence-electron chi connectivity index (χ3n) is 3.89.